The van der Waals surface area contributed by atoms with Gasteiger partial charge in [-0.05, 0) is 20.0 Å². The molecule has 0 spiro atoms. The van der Waals surface area contributed by atoms with Gasteiger partial charge in [0.1, 0.15) is 12.4 Å². The zero-order valence-corrected chi connectivity index (χ0v) is 11.3. The Morgan fingerprint density at radius 1 is 1.44 bits per heavy atom. The maximum Gasteiger partial charge on any atom is 0.216 e. The van der Waals surface area contributed by atoms with E-state index in [0.717, 1.165) is 11.3 Å². The minimum Gasteiger partial charge on any atom is -0.491 e. The van der Waals surface area contributed by atoms with Crippen LogP contribution in [0, 0.1) is 0 Å². The minimum atomic E-state index is -3.34. The lowest BCUT2D eigenvalue weighted by Crippen LogP contribution is -2.40. The van der Waals surface area contributed by atoms with Gasteiger partial charge >= 0.3 is 0 Å². The maximum absolute atomic E-state index is 12.1. The van der Waals surface area contributed by atoms with Crippen molar-refractivity contribution in [3.63, 3.8) is 0 Å². The summed E-state index contributed by atoms with van der Waals surface area (Å²) >= 11 is 0. The molecule has 0 radical (unpaired) electrons. The molecule has 18 heavy (non-hydrogen) atoms. The van der Waals surface area contributed by atoms with E-state index in [-0.39, 0.29) is 6.04 Å². The molecule has 2 rings (SSSR count). The van der Waals surface area contributed by atoms with Crippen molar-refractivity contribution in [1.82, 2.24) is 10.0 Å². The Balaban J connectivity index is 2.12. The maximum atomic E-state index is 12.1. The molecule has 2 unspecified atom stereocenters. The Hall–Kier alpha value is -1.11. The average Bonchev–Trinajstić information content (AvgIpc) is 2.73. The second-order valence-corrected chi connectivity index (χ2v) is 6.56. The van der Waals surface area contributed by atoms with E-state index in [2.05, 4.69) is 10.0 Å². The van der Waals surface area contributed by atoms with Crippen LogP contribution < -0.4 is 14.8 Å². The first-order chi connectivity index (χ1) is 8.54. The molecule has 2 N–H and O–H groups in total. The molecule has 0 fully saturated rings. The van der Waals surface area contributed by atoms with Crippen LogP contribution in [0.3, 0.4) is 0 Å². The monoisotopic (exact) mass is 270 g/mol. The number of sulfonamides is 1. The van der Waals surface area contributed by atoms with Crippen LogP contribution in [0.5, 0.6) is 5.75 Å². The van der Waals surface area contributed by atoms with E-state index >= 15 is 0 Å². The number of nitrogens with one attached hydrogen (secondary N) is 2. The van der Waals surface area contributed by atoms with E-state index in [1.54, 1.807) is 14.0 Å². The van der Waals surface area contributed by atoms with Gasteiger partial charge in [0.05, 0.1) is 11.3 Å². The molecule has 1 aromatic rings. The number of para-hydroxylation sites is 1. The number of hydrogen-bond acceptors (Lipinski definition) is 4. The van der Waals surface area contributed by atoms with E-state index in [1.165, 1.54) is 0 Å². The molecule has 0 aliphatic carbocycles. The Kier molecular flexibility index (Phi) is 3.89. The van der Waals surface area contributed by atoms with Gasteiger partial charge in [-0.1, -0.05) is 18.2 Å². The minimum absolute atomic E-state index is 0.287. The summed E-state index contributed by atoms with van der Waals surface area (Å²) in [6.07, 6.45) is 0. The molecule has 2 atom stereocenters. The lowest BCUT2D eigenvalue weighted by Gasteiger charge is -2.17. The predicted molar refractivity (Wildman–Crippen MR) is 70.1 cm³/mol. The van der Waals surface area contributed by atoms with Crippen LogP contribution >= 0.6 is 0 Å². The fraction of sp³-hybridized carbons (Fsp3) is 0.500. The Morgan fingerprint density at radius 2 is 2.17 bits per heavy atom. The third-order valence-electron chi connectivity index (χ3n) is 3.03. The molecule has 1 aliphatic heterocycles. The van der Waals surface area contributed by atoms with Crippen LogP contribution in [0.2, 0.25) is 0 Å². The van der Waals surface area contributed by atoms with Crippen LogP contribution in [0.15, 0.2) is 24.3 Å². The van der Waals surface area contributed by atoms with Crippen molar-refractivity contribution in [2.75, 3.05) is 20.2 Å². The number of benzene rings is 1. The predicted octanol–water partition coefficient (Wildman–Crippen LogP) is 0.647. The fourth-order valence-corrected chi connectivity index (χ4v) is 3.18. The van der Waals surface area contributed by atoms with Gasteiger partial charge in [-0.2, -0.15) is 0 Å². The van der Waals surface area contributed by atoms with Crippen molar-refractivity contribution in [2.24, 2.45) is 0 Å². The number of ether oxygens (including phenoxy) is 1. The molecule has 0 saturated carbocycles. The third kappa shape index (κ3) is 2.66. The first kappa shape index (κ1) is 13.3. The van der Waals surface area contributed by atoms with Crippen LogP contribution in [0.4, 0.5) is 0 Å². The van der Waals surface area contributed by atoms with Gasteiger partial charge in [0.25, 0.3) is 0 Å². The summed E-state index contributed by atoms with van der Waals surface area (Å²) in [4.78, 5) is 0. The second-order valence-electron chi connectivity index (χ2n) is 4.43. The quantitative estimate of drug-likeness (QED) is 0.824. The van der Waals surface area contributed by atoms with E-state index in [9.17, 15) is 8.42 Å². The highest BCUT2D eigenvalue weighted by Crippen LogP contribution is 2.32. The van der Waals surface area contributed by atoms with Crippen molar-refractivity contribution in [2.45, 2.75) is 18.2 Å². The molecular formula is C12H18N2O3S. The molecule has 100 valence electrons. The zero-order valence-electron chi connectivity index (χ0n) is 10.5. The van der Waals surface area contributed by atoms with E-state index in [1.807, 2.05) is 24.3 Å². The van der Waals surface area contributed by atoms with Crippen LogP contribution in [-0.2, 0) is 10.0 Å². The average molecular weight is 270 g/mol. The van der Waals surface area contributed by atoms with Crippen molar-refractivity contribution < 1.29 is 13.2 Å². The number of fused-ring (bicyclic) bond motifs is 1. The molecular weight excluding hydrogens is 252 g/mol. The summed E-state index contributed by atoms with van der Waals surface area (Å²) in [5, 5.41) is 2.39. The van der Waals surface area contributed by atoms with Gasteiger partial charge in [-0.25, -0.2) is 13.1 Å². The summed E-state index contributed by atoms with van der Waals surface area (Å²) in [6, 6.07) is 7.20. The van der Waals surface area contributed by atoms with E-state index < -0.39 is 15.3 Å². The summed E-state index contributed by atoms with van der Waals surface area (Å²) in [5.41, 5.74) is 0.901. The SMILES string of the molecule is CNCC(C)S(=O)(=O)NC1COc2ccccc21. The first-order valence-corrected chi connectivity index (χ1v) is 7.46. The van der Waals surface area contributed by atoms with E-state index in [4.69, 9.17) is 4.74 Å². The summed E-state index contributed by atoms with van der Waals surface area (Å²) < 4.78 is 32.3. The summed E-state index contributed by atoms with van der Waals surface area (Å²) in [6.45, 7) is 2.45. The highest BCUT2D eigenvalue weighted by Gasteiger charge is 2.30. The van der Waals surface area contributed by atoms with Gasteiger partial charge in [-0.3, -0.25) is 0 Å². The molecule has 0 bridgehead atoms. The summed E-state index contributed by atoms with van der Waals surface area (Å²) in [5.74, 6) is 0.756. The lowest BCUT2D eigenvalue weighted by atomic mass is 10.1. The highest BCUT2D eigenvalue weighted by molar-refractivity contribution is 7.90. The van der Waals surface area contributed by atoms with Gasteiger partial charge < -0.3 is 10.1 Å². The molecule has 5 nitrogen and oxygen atoms in total. The van der Waals surface area contributed by atoms with Crippen molar-refractivity contribution >= 4 is 10.0 Å². The molecule has 0 saturated heterocycles. The van der Waals surface area contributed by atoms with Gasteiger partial charge in [0.15, 0.2) is 0 Å². The van der Waals surface area contributed by atoms with Crippen molar-refractivity contribution in [3.8, 4) is 5.75 Å². The second kappa shape index (κ2) is 5.26. The summed E-state index contributed by atoms with van der Waals surface area (Å²) in [7, 11) is -1.60. The fourth-order valence-electron chi connectivity index (χ4n) is 1.97. The van der Waals surface area contributed by atoms with Gasteiger partial charge in [0.2, 0.25) is 10.0 Å². The molecule has 1 heterocycles. The number of rotatable bonds is 5. The smallest absolute Gasteiger partial charge is 0.216 e. The van der Waals surface area contributed by atoms with Crippen molar-refractivity contribution in [3.05, 3.63) is 29.8 Å². The topological polar surface area (TPSA) is 67.4 Å². The highest BCUT2D eigenvalue weighted by atomic mass is 32.2. The van der Waals surface area contributed by atoms with Crippen LogP contribution in [0.25, 0.3) is 0 Å². The lowest BCUT2D eigenvalue weighted by molar-refractivity contribution is 0.324. The first-order valence-electron chi connectivity index (χ1n) is 5.92. The Bertz CT molecular complexity index is 516. The zero-order chi connectivity index (χ0) is 13.2. The Labute approximate surface area is 108 Å². The standard InChI is InChI=1S/C12H18N2O3S/c1-9(7-13-2)18(15,16)14-11-8-17-12-6-4-3-5-10(11)12/h3-6,9,11,13-14H,7-8H2,1-2H3. The Morgan fingerprint density at radius 3 is 2.89 bits per heavy atom. The molecule has 0 amide bonds. The largest absolute Gasteiger partial charge is 0.491 e. The van der Waals surface area contributed by atoms with Crippen LogP contribution in [0.1, 0.15) is 18.5 Å². The number of hydrogen-bond donors (Lipinski definition) is 2. The van der Waals surface area contributed by atoms with Crippen molar-refractivity contribution in [1.29, 1.82) is 0 Å². The van der Waals surface area contributed by atoms with Gasteiger partial charge in [-0.15, -0.1) is 0 Å². The van der Waals surface area contributed by atoms with Crippen LogP contribution in [-0.4, -0.2) is 33.9 Å². The van der Waals surface area contributed by atoms with E-state index in [0.29, 0.717) is 13.2 Å². The van der Waals surface area contributed by atoms with Gasteiger partial charge in [0, 0.05) is 12.1 Å². The molecule has 1 aromatic carbocycles. The third-order valence-corrected chi connectivity index (χ3v) is 4.87. The molecule has 0 aromatic heterocycles. The molecule has 6 heteroatoms. The normalized spacial score (nSPS) is 20.2. The molecule has 1 aliphatic rings.